The van der Waals surface area contributed by atoms with Crippen molar-refractivity contribution in [1.82, 2.24) is 15.3 Å². The highest BCUT2D eigenvalue weighted by atomic mass is 16.5. The van der Waals surface area contributed by atoms with Crippen LogP contribution in [0.2, 0.25) is 0 Å². The van der Waals surface area contributed by atoms with Crippen LogP contribution in [-0.2, 0) is 16.0 Å². The van der Waals surface area contributed by atoms with Crippen LogP contribution >= 0.6 is 0 Å². The summed E-state index contributed by atoms with van der Waals surface area (Å²) in [5, 5.41) is 2.79. The van der Waals surface area contributed by atoms with Gasteiger partial charge in [-0.2, -0.15) is 0 Å². The van der Waals surface area contributed by atoms with Gasteiger partial charge < -0.3 is 15.0 Å². The Kier molecular flexibility index (Phi) is 7.10. The number of rotatable bonds is 8. The number of carbonyl (C=O) groups is 2. The van der Waals surface area contributed by atoms with E-state index >= 15 is 0 Å². The second-order valence-electron chi connectivity index (χ2n) is 6.74. The van der Waals surface area contributed by atoms with E-state index in [2.05, 4.69) is 15.3 Å². The number of hydrogen-bond acceptors (Lipinski definition) is 5. The molecule has 0 fully saturated rings. The van der Waals surface area contributed by atoms with Crippen molar-refractivity contribution in [2.45, 2.75) is 25.8 Å². The number of ether oxygens (including phenoxy) is 1. The number of esters is 1. The summed E-state index contributed by atoms with van der Waals surface area (Å²) in [7, 11) is 0. The van der Waals surface area contributed by atoms with Crippen molar-refractivity contribution in [3.05, 3.63) is 88.6 Å². The minimum Gasteiger partial charge on any atom is -0.466 e. The quantitative estimate of drug-likeness (QED) is 0.561. The fraction of sp³-hybridized carbons (Fsp3) is 0.217. The van der Waals surface area contributed by atoms with Crippen LogP contribution in [0.5, 0.6) is 0 Å². The third kappa shape index (κ3) is 5.88. The smallest absolute Gasteiger partial charge is 0.307 e. The molecule has 2 aromatic carbocycles. The first kappa shape index (κ1) is 21.0. The standard InChI is InChI=1S/C23H23N3O4/c1-2-30-22(28)13-19(26-23(29)20-14-21(27)25-15-24-20)12-16-8-10-18(11-9-16)17-6-4-3-5-7-17/h3-11,14-15,19H,2,12-13H2,1H3,(H,26,29)(H,24,25,27)/t19-/m1/s1. The number of H-pyrrole nitrogens is 1. The summed E-state index contributed by atoms with van der Waals surface area (Å²) >= 11 is 0. The monoisotopic (exact) mass is 405 g/mol. The number of carbonyl (C=O) groups excluding carboxylic acids is 2. The lowest BCUT2D eigenvalue weighted by Gasteiger charge is -2.18. The molecule has 0 radical (unpaired) electrons. The molecule has 0 aliphatic carbocycles. The third-order valence-electron chi connectivity index (χ3n) is 4.51. The number of benzene rings is 2. The summed E-state index contributed by atoms with van der Waals surface area (Å²) < 4.78 is 5.03. The van der Waals surface area contributed by atoms with Crippen LogP contribution in [0.25, 0.3) is 11.1 Å². The fourth-order valence-corrected chi connectivity index (χ4v) is 3.10. The van der Waals surface area contributed by atoms with Gasteiger partial charge in [-0.15, -0.1) is 0 Å². The molecule has 1 amide bonds. The second kappa shape index (κ2) is 10.2. The topological polar surface area (TPSA) is 101 Å². The van der Waals surface area contributed by atoms with Crippen molar-refractivity contribution in [2.75, 3.05) is 6.61 Å². The molecule has 3 rings (SSSR count). The van der Waals surface area contributed by atoms with Gasteiger partial charge in [-0.05, 0) is 30.0 Å². The number of aromatic nitrogens is 2. The van der Waals surface area contributed by atoms with Crippen molar-refractivity contribution in [2.24, 2.45) is 0 Å². The Bertz CT molecular complexity index is 1050. The van der Waals surface area contributed by atoms with E-state index in [9.17, 15) is 14.4 Å². The van der Waals surface area contributed by atoms with Gasteiger partial charge in [0.25, 0.3) is 11.5 Å². The highest BCUT2D eigenvalue weighted by Crippen LogP contribution is 2.20. The molecule has 2 N–H and O–H groups in total. The van der Waals surface area contributed by atoms with Gasteiger partial charge in [0.05, 0.1) is 19.4 Å². The zero-order chi connectivity index (χ0) is 21.3. The molecule has 1 aromatic heterocycles. The van der Waals surface area contributed by atoms with Crippen LogP contribution in [0.1, 0.15) is 29.4 Å². The molecule has 0 saturated carbocycles. The van der Waals surface area contributed by atoms with Gasteiger partial charge in [-0.1, -0.05) is 54.6 Å². The Morgan fingerprint density at radius 2 is 1.77 bits per heavy atom. The van der Waals surface area contributed by atoms with E-state index in [0.29, 0.717) is 6.42 Å². The summed E-state index contributed by atoms with van der Waals surface area (Å²) in [6, 6.07) is 18.6. The lowest BCUT2D eigenvalue weighted by Crippen LogP contribution is -2.39. The first-order chi connectivity index (χ1) is 14.5. The molecular weight excluding hydrogens is 382 g/mol. The van der Waals surface area contributed by atoms with Gasteiger partial charge in [0.15, 0.2) is 0 Å². The number of nitrogens with one attached hydrogen (secondary N) is 2. The summed E-state index contributed by atoms with van der Waals surface area (Å²) in [6.45, 7) is 1.99. The molecule has 7 nitrogen and oxygen atoms in total. The SMILES string of the molecule is CCOC(=O)C[C@@H](Cc1ccc(-c2ccccc2)cc1)NC(=O)c1cc(=O)[nH]cn1. The predicted molar refractivity (Wildman–Crippen MR) is 113 cm³/mol. The van der Waals surface area contributed by atoms with Crippen LogP contribution in [0.3, 0.4) is 0 Å². The zero-order valence-electron chi connectivity index (χ0n) is 16.6. The Hall–Kier alpha value is -3.74. The number of amides is 1. The highest BCUT2D eigenvalue weighted by molar-refractivity contribution is 5.92. The Labute approximate surface area is 174 Å². The van der Waals surface area contributed by atoms with E-state index < -0.39 is 23.5 Å². The van der Waals surface area contributed by atoms with E-state index in [1.165, 1.54) is 6.33 Å². The van der Waals surface area contributed by atoms with Gasteiger partial charge in [-0.3, -0.25) is 14.4 Å². The molecule has 0 spiro atoms. The maximum Gasteiger partial charge on any atom is 0.307 e. The zero-order valence-corrected chi connectivity index (χ0v) is 16.6. The minimum atomic E-state index is -0.517. The summed E-state index contributed by atoms with van der Waals surface area (Å²) in [5.41, 5.74) is 2.72. The Balaban J connectivity index is 1.74. The van der Waals surface area contributed by atoms with Crippen LogP contribution in [0.4, 0.5) is 0 Å². The lowest BCUT2D eigenvalue weighted by molar-refractivity contribution is -0.143. The van der Waals surface area contributed by atoms with Crippen molar-refractivity contribution >= 4 is 11.9 Å². The van der Waals surface area contributed by atoms with E-state index in [0.717, 1.165) is 22.8 Å². The number of aromatic amines is 1. The van der Waals surface area contributed by atoms with Crippen molar-refractivity contribution in [3.63, 3.8) is 0 Å². The molecular formula is C23H23N3O4. The van der Waals surface area contributed by atoms with E-state index in [4.69, 9.17) is 4.74 Å². The van der Waals surface area contributed by atoms with Gasteiger partial charge in [0, 0.05) is 12.1 Å². The Morgan fingerprint density at radius 3 is 2.43 bits per heavy atom. The van der Waals surface area contributed by atoms with E-state index in [1.54, 1.807) is 6.92 Å². The van der Waals surface area contributed by atoms with Crippen LogP contribution in [0.15, 0.2) is 71.8 Å². The van der Waals surface area contributed by atoms with Crippen molar-refractivity contribution < 1.29 is 14.3 Å². The molecule has 1 heterocycles. The summed E-state index contributed by atoms with van der Waals surface area (Å²) in [5.74, 6) is -0.918. The molecule has 3 aromatic rings. The molecule has 7 heteroatoms. The van der Waals surface area contributed by atoms with Crippen LogP contribution < -0.4 is 10.9 Å². The van der Waals surface area contributed by atoms with Crippen molar-refractivity contribution in [1.29, 1.82) is 0 Å². The number of nitrogens with zero attached hydrogens (tertiary/aromatic N) is 1. The largest absolute Gasteiger partial charge is 0.466 e. The maximum atomic E-state index is 12.5. The van der Waals surface area contributed by atoms with E-state index in [-0.39, 0.29) is 18.7 Å². The van der Waals surface area contributed by atoms with Crippen LogP contribution in [-0.4, -0.2) is 34.5 Å². The predicted octanol–water partition coefficient (Wildman–Crippen LogP) is 2.73. The summed E-state index contributed by atoms with van der Waals surface area (Å²) in [6.07, 6.45) is 1.62. The molecule has 1 atom stereocenters. The Morgan fingerprint density at radius 1 is 1.07 bits per heavy atom. The third-order valence-corrected chi connectivity index (χ3v) is 4.51. The number of hydrogen-bond donors (Lipinski definition) is 2. The molecule has 0 aliphatic rings. The first-order valence-electron chi connectivity index (χ1n) is 9.70. The van der Waals surface area contributed by atoms with Crippen molar-refractivity contribution in [3.8, 4) is 11.1 Å². The molecule has 30 heavy (non-hydrogen) atoms. The van der Waals surface area contributed by atoms with E-state index in [1.807, 2.05) is 54.6 Å². The first-order valence-corrected chi connectivity index (χ1v) is 9.70. The van der Waals surface area contributed by atoms with Gasteiger partial charge >= 0.3 is 5.97 Å². The lowest BCUT2D eigenvalue weighted by atomic mass is 9.99. The summed E-state index contributed by atoms with van der Waals surface area (Å²) in [4.78, 5) is 42.2. The average molecular weight is 405 g/mol. The second-order valence-corrected chi connectivity index (χ2v) is 6.74. The van der Waals surface area contributed by atoms with Gasteiger partial charge in [-0.25, -0.2) is 4.98 Å². The molecule has 0 unspecified atom stereocenters. The normalized spacial score (nSPS) is 11.5. The minimum absolute atomic E-state index is 0.00738. The fourth-order valence-electron chi connectivity index (χ4n) is 3.10. The molecule has 0 saturated heterocycles. The molecule has 0 bridgehead atoms. The van der Waals surface area contributed by atoms with Crippen LogP contribution in [0, 0.1) is 0 Å². The maximum absolute atomic E-state index is 12.5. The molecule has 154 valence electrons. The van der Waals surface area contributed by atoms with Gasteiger partial charge in [0.1, 0.15) is 5.69 Å². The highest BCUT2D eigenvalue weighted by Gasteiger charge is 2.20. The molecule has 0 aliphatic heterocycles. The van der Waals surface area contributed by atoms with Gasteiger partial charge in [0.2, 0.25) is 0 Å². The average Bonchev–Trinajstić information content (AvgIpc) is 2.75.